The van der Waals surface area contributed by atoms with Crippen molar-refractivity contribution in [1.82, 2.24) is 9.88 Å². The Balaban J connectivity index is 2.50. The quantitative estimate of drug-likeness (QED) is 0.546. The highest BCUT2D eigenvalue weighted by atomic mass is 35.5. The van der Waals surface area contributed by atoms with E-state index >= 15 is 0 Å². The van der Waals surface area contributed by atoms with Gasteiger partial charge >= 0.3 is 0 Å². The summed E-state index contributed by atoms with van der Waals surface area (Å²) in [6.45, 7) is 8.85. The van der Waals surface area contributed by atoms with Gasteiger partial charge in [0, 0.05) is 31.4 Å². The van der Waals surface area contributed by atoms with Gasteiger partial charge in [-0.1, -0.05) is 13.5 Å². The van der Waals surface area contributed by atoms with E-state index in [0.29, 0.717) is 5.88 Å². The summed E-state index contributed by atoms with van der Waals surface area (Å²) in [5.74, 6) is 0.535. The number of halogens is 1. The second kappa shape index (κ2) is 6.59. The van der Waals surface area contributed by atoms with Gasteiger partial charge in [0.1, 0.15) is 0 Å². The Morgan fingerprint density at radius 1 is 1.47 bits per heavy atom. The van der Waals surface area contributed by atoms with Crippen LogP contribution in [0.3, 0.4) is 0 Å². The van der Waals surface area contributed by atoms with Crippen LogP contribution in [0.1, 0.15) is 12.5 Å². The molecule has 1 rings (SSSR count). The number of rotatable bonds is 6. The topological polar surface area (TPSA) is 16.1 Å². The molecule has 15 heavy (non-hydrogen) atoms. The maximum absolute atomic E-state index is 5.72. The van der Waals surface area contributed by atoms with Crippen LogP contribution < -0.4 is 0 Å². The Hall–Kier alpha value is -0.860. The Morgan fingerprint density at radius 3 is 2.67 bits per heavy atom. The summed E-state index contributed by atoms with van der Waals surface area (Å²) in [5, 5.41) is 0. The number of aromatic nitrogens is 1. The van der Waals surface area contributed by atoms with Crippen molar-refractivity contribution in [2.24, 2.45) is 0 Å². The van der Waals surface area contributed by atoms with Crippen LogP contribution in [0.15, 0.2) is 36.7 Å². The smallest absolute Gasteiger partial charge is 0.0443 e. The van der Waals surface area contributed by atoms with Gasteiger partial charge in [0.25, 0.3) is 0 Å². The third-order valence-electron chi connectivity index (χ3n) is 2.24. The molecule has 0 saturated carbocycles. The lowest BCUT2D eigenvalue weighted by Crippen LogP contribution is -2.25. The molecule has 0 aliphatic carbocycles. The normalized spacial score (nSPS) is 10.6. The molecule has 0 aliphatic heterocycles. The van der Waals surface area contributed by atoms with E-state index in [9.17, 15) is 0 Å². The van der Waals surface area contributed by atoms with Gasteiger partial charge in [-0.05, 0) is 29.8 Å². The van der Waals surface area contributed by atoms with Crippen molar-refractivity contribution in [2.45, 2.75) is 13.5 Å². The summed E-state index contributed by atoms with van der Waals surface area (Å²) < 4.78 is 0. The molecule has 0 spiro atoms. The number of likely N-dealkylation sites (N-methyl/N-ethyl adjacent to an activating group) is 1. The maximum Gasteiger partial charge on any atom is 0.0443 e. The second-order valence-electron chi connectivity index (χ2n) is 3.54. The van der Waals surface area contributed by atoms with Gasteiger partial charge in [0.15, 0.2) is 0 Å². The predicted octanol–water partition coefficient (Wildman–Crippen LogP) is 2.70. The molecule has 0 aromatic carbocycles. The van der Waals surface area contributed by atoms with Gasteiger partial charge in [-0.15, -0.1) is 11.6 Å². The highest BCUT2D eigenvalue weighted by Gasteiger charge is 2.04. The molecular weight excluding hydrogens is 208 g/mol. The van der Waals surface area contributed by atoms with Crippen LogP contribution in [0.2, 0.25) is 0 Å². The van der Waals surface area contributed by atoms with Crippen molar-refractivity contribution >= 4 is 11.6 Å². The van der Waals surface area contributed by atoms with E-state index in [1.54, 1.807) is 0 Å². The molecule has 0 fully saturated rings. The molecule has 82 valence electrons. The minimum atomic E-state index is 0.535. The van der Waals surface area contributed by atoms with Crippen molar-refractivity contribution in [3.8, 4) is 0 Å². The second-order valence-corrected chi connectivity index (χ2v) is 3.81. The summed E-state index contributed by atoms with van der Waals surface area (Å²) in [6.07, 6.45) is 3.64. The average Bonchev–Trinajstić information content (AvgIpc) is 2.29. The van der Waals surface area contributed by atoms with E-state index < -0.39 is 0 Å². The van der Waals surface area contributed by atoms with Crippen LogP contribution in [0.4, 0.5) is 0 Å². The molecule has 0 atom stereocenters. The van der Waals surface area contributed by atoms with Crippen molar-refractivity contribution < 1.29 is 0 Å². The monoisotopic (exact) mass is 224 g/mol. The van der Waals surface area contributed by atoms with Crippen molar-refractivity contribution in [3.05, 3.63) is 42.2 Å². The Bertz CT molecular complexity index is 298. The minimum Gasteiger partial charge on any atom is -0.295 e. The lowest BCUT2D eigenvalue weighted by atomic mass is 10.2. The first-order valence-corrected chi connectivity index (χ1v) is 5.63. The van der Waals surface area contributed by atoms with Crippen LogP contribution in [0, 0.1) is 0 Å². The van der Waals surface area contributed by atoms with Crippen LogP contribution in [-0.4, -0.2) is 28.9 Å². The maximum atomic E-state index is 5.72. The van der Waals surface area contributed by atoms with Crippen molar-refractivity contribution in [3.63, 3.8) is 0 Å². The summed E-state index contributed by atoms with van der Waals surface area (Å²) in [4.78, 5) is 6.30. The van der Waals surface area contributed by atoms with E-state index in [4.69, 9.17) is 11.6 Å². The van der Waals surface area contributed by atoms with Crippen LogP contribution in [-0.2, 0) is 6.54 Å². The zero-order chi connectivity index (χ0) is 11.1. The number of pyridine rings is 1. The molecule has 1 heterocycles. The highest BCUT2D eigenvalue weighted by molar-refractivity contribution is 6.19. The zero-order valence-electron chi connectivity index (χ0n) is 9.12. The molecule has 0 amide bonds. The summed E-state index contributed by atoms with van der Waals surface area (Å²) in [6, 6.07) is 4.07. The SMILES string of the molecule is C=C(CCl)CN(CC)Cc1ccncc1. The fraction of sp³-hybridized carbons (Fsp3) is 0.417. The van der Waals surface area contributed by atoms with Crippen LogP contribution in [0.25, 0.3) is 0 Å². The lowest BCUT2D eigenvalue weighted by molar-refractivity contribution is 0.305. The molecule has 1 aromatic heterocycles. The lowest BCUT2D eigenvalue weighted by Gasteiger charge is -2.20. The third-order valence-corrected chi connectivity index (χ3v) is 2.62. The molecule has 0 saturated heterocycles. The number of nitrogens with zero attached hydrogens (tertiary/aromatic N) is 2. The van der Waals surface area contributed by atoms with Crippen molar-refractivity contribution in [2.75, 3.05) is 19.0 Å². The largest absolute Gasteiger partial charge is 0.295 e. The van der Waals surface area contributed by atoms with Gasteiger partial charge in [-0.2, -0.15) is 0 Å². The van der Waals surface area contributed by atoms with Gasteiger partial charge in [-0.25, -0.2) is 0 Å². The molecule has 0 N–H and O–H groups in total. The van der Waals surface area contributed by atoms with E-state index in [1.165, 1.54) is 5.56 Å². The fourth-order valence-corrected chi connectivity index (χ4v) is 1.47. The molecular formula is C12H17ClN2. The minimum absolute atomic E-state index is 0.535. The molecule has 0 aliphatic rings. The van der Waals surface area contributed by atoms with Gasteiger partial charge in [0.2, 0.25) is 0 Å². The first-order valence-electron chi connectivity index (χ1n) is 5.10. The molecule has 2 nitrogen and oxygen atoms in total. The Labute approximate surface area is 96.6 Å². The molecule has 3 heteroatoms. The number of alkyl halides is 1. The number of hydrogen-bond acceptors (Lipinski definition) is 2. The number of hydrogen-bond donors (Lipinski definition) is 0. The summed E-state index contributed by atoms with van der Waals surface area (Å²) >= 11 is 5.72. The standard InChI is InChI=1S/C12H17ClN2/c1-3-15(9-11(2)8-13)10-12-4-6-14-7-5-12/h4-7H,2-3,8-10H2,1H3. The van der Waals surface area contributed by atoms with E-state index in [1.807, 2.05) is 24.5 Å². The first-order chi connectivity index (χ1) is 7.26. The predicted molar refractivity (Wildman–Crippen MR) is 65.0 cm³/mol. The summed E-state index contributed by atoms with van der Waals surface area (Å²) in [5.41, 5.74) is 2.33. The average molecular weight is 225 g/mol. The molecule has 0 unspecified atom stereocenters. The Kier molecular flexibility index (Phi) is 5.37. The highest BCUT2D eigenvalue weighted by Crippen LogP contribution is 2.06. The summed E-state index contributed by atoms with van der Waals surface area (Å²) in [7, 11) is 0. The first kappa shape index (κ1) is 12.2. The molecule has 1 aromatic rings. The van der Waals surface area contributed by atoms with E-state index in [-0.39, 0.29) is 0 Å². The third kappa shape index (κ3) is 4.45. The van der Waals surface area contributed by atoms with Crippen LogP contribution in [0.5, 0.6) is 0 Å². The van der Waals surface area contributed by atoms with Gasteiger partial charge in [-0.3, -0.25) is 9.88 Å². The van der Waals surface area contributed by atoms with Gasteiger partial charge in [0.05, 0.1) is 0 Å². The Morgan fingerprint density at radius 2 is 2.13 bits per heavy atom. The van der Waals surface area contributed by atoms with Crippen LogP contribution >= 0.6 is 11.6 Å². The zero-order valence-corrected chi connectivity index (χ0v) is 9.87. The molecule has 0 radical (unpaired) electrons. The van der Waals surface area contributed by atoms with Crippen molar-refractivity contribution in [1.29, 1.82) is 0 Å². The molecule has 0 bridgehead atoms. The van der Waals surface area contributed by atoms with E-state index in [0.717, 1.165) is 25.2 Å². The fourth-order valence-electron chi connectivity index (χ4n) is 1.38. The van der Waals surface area contributed by atoms with E-state index in [2.05, 4.69) is 23.4 Å². The van der Waals surface area contributed by atoms with Gasteiger partial charge < -0.3 is 0 Å².